The van der Waals surface area contributed by atoms with Gasteiger partial charge in [0.15, 0.2) is 0 Å². The van der Waals surface area contributed by atoms with Crippen molar-refractivity contribution in [3.63, 3.8) is 0 Å². The molecular weight excluding hydrogens is 242 g/mol. The molecular formula is C6H5N3O6S. The van der Waals surface area contributed by atoms with Gasteiger partial charge in [0.05, 0.1) is 10.6 Å². The van der Waals surface area contributed by atoms with Gasteiger partial charge in [-0.15, -0.1) is 13.7 Å². The van der Waals surface area contributed by atoms with Gasteiger partial charge in [0.1, 0.15) is 0 Å². The largest absolute Gasteiger partial charge is 0.440 e. The Morgan fingerprint density at radius 2 is 1.94 bits per heavy atom. The second-order valence-electron chi connectivity index (χ2n) is 2.73. The van der Waals surface area contributed by atoms with E-state index in [-0.39, 0.29) is 11.4 Å². The van der Waals surface area contributed by atoms with Gasteiger partial charge < -0.3 is 0 Å². The first-order valence-corrected chi connectivity index (χ1v) is 5.24. The molecule has 2 rings (SSSR count). The molecule has 1 aliphatic rings. The third kappa shape index (κ3) is 2.09. The third-order valence-electron chi connectivity index (χ3n) is 1.68. The van der Waals surface area contributed by atoms with Crippen LogP contribution in [0.1, 0.15) is 0 Å². The summed E-state index contributed by atoms with van der Waals surface area (Å²) in [5, 5.41) is 11.1. The molecule has 0 atom stereocenters. The normalized spacial score (nSPS) is 18.6. The Kier molecular flexibility index (Phi) is 2.47. The summed E-state index contributed by atoms with van der Waals surface area (Å²) in [5.74, 6) is 0. The number of rotatable bonds is 2. The molecule has 1 saturated heterocycles. The second-order valence-corrected chi connectivity index (χ2v) is 3.86. The van der Waals surface area contributed by atoms with Crippen LogP contribution in [0.15, 0.2) is 24.3 Å². The van der Waals surface area contributed by atoms with Gasteiger partial charge in [0.25, 0.3) is 5.69 Å². The lowest BCUT2D eigenvalue weighted by atomic mass is 10.3. The van der Waals surface area contributed by atoms with E-state index in [2.05, 4.69) is 8.57 Å². The Morgan fingerprint density at radius 3 is 2.38 bits per heavy atom. The molecule has 16 heavy (non-hydrogen) atoms. The summed E-state index contributed by atoms with van der Waals surface area (Å²) >= 11 is 0. The molecule has 0 saturated carbocycles. The van der Waals surface area contributed by atoms with Crippen LogP contribution in [-0.4, -0.2) is 13.3 Å². The van der Waals surface area contributed by atoms with Crippen LogP contribution in [0.25, 0.3) is 0 Å². The number of nitrogens with one attached hydrogen (secondary N) is 1. The summed E-state index contributed by atoms with van der Waals surface area (Å²) in [7, 11) is -4.09. The van der Waals surface area contributed by atoms with Gasteiger partial charge in [-0.3, -0.25) is 10.1 Å². The maximum absolute atomic E-state index is 10.7. The molecule has 10 heteroatoms. The molecule has 0 amide bonds. The van der Waals surface area contributed by atoms with Gasteiger partial charge in [-0.25, -0.2) is 0 Å². The van der Waals surface area contributed by atoms with Crippen molar-refractivity contribution in [2.75, 3.05) is 5.17 Å². The van der Waals surface area contributed by atoms with Crippen molar-refractivity contribution in [2.24, 2.45) is 0 Å². The number of nitro benzene ring substituents is 1. The summed E-state index contributed by atoms with van der Waals surface area (Å²) in [5.41, 5.74) is 2.09. The number of hydrogen-bond donors (Lipinski definition) is 1. The maximum Gasteiger partial charge on any atom is 0.440 e. The second kappa shape index (κ2) is 3.68. The highest BCUT2D eigenvalue weighted by Gasteiger charge is 2.29. The first-order chi connectivity index (χ1) is 7.48. The van der Waals surface area contributed by atoms with Crippen LogP contribution in [0, 0.1) is 10.1 Å². The van der Waals surface area contributed by atoms with Crippen molar-refractivity contribution in [3.05, 3.63) is 34.4 Å². The molecule has 1 fully saturated rings. The molecule has 0 bridgehead atoms. The fraction of sp³-hybridized carbons (Fsp3) is 0. The molecule has 1 heterocycles. The highest BCUT2D eigenvalue weighted by atomic mass is 32.3. The Labute approximate surface area is 89.5 Å². The fourth-order valence-corrected chi connectivity index (χ4v) is 1.50. The topological polar surface area (TPSA) is 111 Å². The molecule has 1 aromatic rings. The van der Waals surface area contributed by atoms with Crippen LogP contribution >= 0.6 is 0 Å². The first kappa shape index (κ1) is 10.8. The minimum atomic E-state index is -4.09. The zero-order chi connectivity index (χ0) is 11.8. The van der Waals surface area contributed by atoms with Gasteiger partial charge in [-0.1, -0.05) is 5.59 Å². The third-order valence-corrected chi connectivity index (χ3v) is 2.29. The van der Waals surface area contributed by atoms with E-state index >= 15 is 0 Å². The lowest BCUT2D eigenvalue weighted by Gasteiger charge is -2.09. The Hall–Kier alpha value is -1.75. The van der Waals surface area contributed by atoms with Crippen LogP contribution in [0.5, 0.6) is 0 Å². The number of hydrazine groups is 1. The van der Waals surface area contributed by atoms with E-state index in [9.17, 15) is 18.5 Å². The summed E-state index contributed by atoms with van der Waals surface area (Å²) in [6.07, 6.45) is 0. The minimum Gasteiger partial charge on any atom is -0.258 e. The Bertz CT molecular complexity index is 512. The number of benzene rings is 1. The average Bonchev–Trinajstić information content (AvgIpc) is 2.59. The van der Waals surface area contributed by atoms with Gasteiger partial charge in [-0.05, 0) is 12.1 Å². The molecule has 1 aromatic carbocycles. The molecule has 1 aliphatic heterocycles. The number of non-ortho nitro benzene ring substituents is 1. The SMILES string of the molecule is O=[N+]([O-])c1ccc(N2NOS(=O)(=O)O2)cc1. The zero-order valence-corrected chi connectivity index (χ0v) is 8.38. The van der Waals surface area contributed by atoms with E-state index in [1.807, 2.05) is 5.59 Å². The van der Waals surface area contributed by atoms with Gasteiger partial charge in [0, 0.05) is 12.1 Å². The van der Waals surface area contributed by atoms with Crippen molar-refractivity contribution in [1.82, 2.24) is 5.59 Å². The Balaban J connectivity index is 2.20. The van der Waals surface area contributed by atoms with Gasteiger partial charge in [-0.2, -0.15) is 8.42 Å². The predicted molar refractivity (Wildman–Crippen MR) is 49.8 cm³/mol. The highest BCUT2D eigenvalue weighted by Crippen LogP contribution is 2.21. The maximum atomic E-state index is 10.7. The summed E-state index contributed by atoms with van der Waals surface area (Å²) in [6, 6.07) is 5.00. The average molecular weight is 247 g/mol. The van der Waals surface area contributed by atoms with Crippen molar-refractivity contribution in [1.29, 1.82) is 0 Å². The number of anilines is 1. The van der Waals surface area contributed by atoms with E-state index in [4.69, 9.17) is 0 Å². The van der Waals surface area contributed by atoms with E-state index in [1.165, 1.54) is 24.3 Å². The standard InChI is InChI=1S/C6H5N3O6S/c10-9(11)6-3-1-5(2-4-6)8-7-14-16(12,13)15-8/h1-4,7H. The number of nitrogens with zero attached hydrogens (tertiary/aromatic N) is 2. The molecule has 0 unspecified atom stereocenters. The lowest BCUT2D eigenvalue weighted by molar-refractivity contribution is -0.384. The first-order valence-electron chi connectivity index (χ1n) is 3.91. The Morgan fingerprint density at radius 1 is 1.31 bits per heavy atom. The van der Waals surface area contributed by atoms with E-state index < -0.39 is 15.3 Å². The lowest BCUT2D eigenvalue weighted by Crippen LogP contribution is -2.28. The molecule has 9 nitrogen and oxygen atoms in total. The number of nitro groups is 1. The van der Waals surface area contributed by atoms with E-state index in [0.717, 1.165) is 5.17 Å². The quantitative estimate of drug-likeness (QED) is 0.575. The van der Waals surface area contributed by atoms with E-state index in [1.54, 1.807) is 0 Å². The van der Waals surface area contributed by atoms with Crippen molar-refractivity contribution in [3.8, 4) is 0 Å². The predicted octanol–water partition coefficient (Wildman–Crippen LogP) is 0.0274. The van der Waals surface area contributed by atoms with Crippen LogP contribution < -0.4 is 10.8 Å². The van der Waals surface area contributed by atoms with Gasteiger partial charge in [0.2, 0.25) is 0 Å². The van der Waals surface area contributed by atoms with Crippen molar-refractivity contribution < 1.29 is 21.9 Å². The number of hydrogen-bond acceptors (Lipinski definition) is 8. The van der Waals surface area contributed by atoms with Gasteiger partial charge >= 0.3 is 10.4 Å². The molecule has 0 aliphatic carbocycles. The monoisotopic (exact) mass is 247 g/mol. The molecule has 1 N–H and O–H groups in total. The molecule has 0 radical (unpaired) electrons. The smallest absolute Gasteiger partial charge is 0.258 e. The molecule has 0 spiro atoms. The zero-order valence-electron chi connectivity index (χ0n) is 7.56. The summed E-state index contributed by atoms with van der Waals surface area (Å²) in [6.45, 7) is 0. The van der Waals surface area contributed by atoms with Crippen LogP contribution in [0.2, 0.25) is 0 Å². The van der Waals surface area contributed by atoms with E-state index in [0.29, 0.717) is 0 Å². The van der Waals surface area contributed by atoms with Crippen molar-refractivity contribution >= 4 is 21.8 Å². The van der Waals surface area contributed by atoms with Crippen molar-refractivity contribution in [2.45, 2.75) is 0 Å². The summed E-state index contributed by atoms with van der Waals surface area (Å²) < 4.78 is 29.9. The highest BCUT2D eigenvalue weighted by molar-refractivity contribution is 7.82. The van der Waals surface area contributed by atoms with Crippen LogP contribution in [0.4, 0.5) is 11.4 Å². The minimum absolute atomic E-state index is 0.119. The molecule has 0 aromatic heterocycles. The van der Waals surface area contributed by atoms with Crippen LogP contribution in [-0.2, 0) is 19.0 Å². The fourth-order valence-electron chi connectivity index (χ4n) is 1.01. The summed E-state index contributed by atoms with van der Waals surface area (Å²) in [4.78, 5) is 9.79. The van der Waals surface area contributed by atoms with Crippen LogP contribution in [0.3, 0.4) is 0 Å². The molecule has 86 valence electrons.